The Morgan fingerprint density at radius 3 is 2.67 bits per heavy atom. The van der Waals surface area contributed by atoms with Crippen molar-refractivity contribution in [2.24, 2.45) is 10.9 Å². The van der Waals surface area contributed by atoms with Crippen molar-refractivity contribution in [1.82, 2.24) is 10.6 Å². The maximum atomic E-state index is 4.66. The van der Waals surface area contributed by atoms with Crippen LogP contribution in [0.25, 0.3) is 0 Å². The zero-order valence-electron chi connectivity index (χ0n) is 13.5. The summed E-state index contributed by atoms with van der Waals surface area (Å²) in [5.41, 5.74) is 1.26. The molecule has 2 unspecified atom stereocenters. The second-order valence-electron chi connectivity index (χ2n) is 5.84. The lowest BCUT2D eigenvalue weighted by atomic mass is 10.3. The molecular formula is C17H28N4. The lowest BCUT2D eigenvalue weighted by Gasteiger charge is -2.18. The van der Waals surface area contributed by atoms with Crippen LogP contribution < -0.4 is 15.5 Å². The number of hydrogen-bond donors (Lipinski definition) is 2. The zero-order chi connectivity index (χ0) is 15.1. The van der Waals surface area contributed by atoms with Gasteiger partial charge >= 0.3 is 0 Å². The lowest BCUT2D eigenvalue weighted by Crippen LogP contribution is -2.39. The van der Waals surface area contributed by atoms with E-state index in [1.165, 1.54) is 12.1 Å². The molecule has 1 fully saturated rings. The van der Waals surface area contributed by atoms with Crippen LogP contribution in [0.4, 0.5) is 5.69 Å². The number of nitrogens with one attached hydrogen (secondary N) is 2. The van der Waals surface area contributed by atoms with Gasteiger partial charge in [0.05, 0.1) is 0 Å². The third-order valence-electron chi connectivity index (χ3n) is 3.89. The summed E-state index contributed by atoms with van der Waals surface area (Å²) in [4.78, 5) is 6.94. The van der Waals surface area contributed by atoms with Gasteiger partial charge in [-0.3, -0.25) is 4.99 Å². The Labute approximate surface area is 128 Å². The molecule has 0 aromatic heterocycles. The molecule has 2 rings (SSSR count). The molecule has 1 aliphatic rings. The minimum absolute atomic E-state index is 0.620. The second kappa shape index (κ2) is 7.91. The third-order valence-corrected chi connectivity index (χ3v) is 3.89. The Bertz CT molecular complexity index is 443. The van der Waals surface area contributed by atoms with E-state index >= 15 is 0 Å². The number of para-hydroxylation sites is 1. The molecule has 1 aliphatic carbocycles. The van der Waals surface area contributed by atoms with E-state index in [0.717, 1.165) is 37.9 Å². The van der Waals surface area contributed by atoms with Gasteiger partial charge < -0.3 is 15.5 Å². The van der Waals surface area contributed by atoms with Crippen LogP contribution in [0.15, 0.2) is 35.3 Å². The Hall–Kier alpha value is -1.71. The first-order valence-electron chi connectivity index (χ1n) is 8.01. The van der Waals surface area contributed by atoms with Gasteiger partial charge in [-0.05, 0) is 37.8 Å². The predicted octanol–water partition coefficient (Wildman–Crippen LogP) is 2.48. The Morgan fingerprint density at radius 1 is 1.33 bits per heavy atom. The van der Waals surface area contributed by atoms with Gasteiger partial charge in [0.1, 0.15) is 0 Å². The lowest BCUT2D eigenvalue weighted by molar-refractivity contribution is 0.748. The Morgan fingerprint density at radius 2 is 2.05 bits per heavy atom. The van der Waals surface area contributed by atoms with Crippen LogP contribution in [0.5, 0.6) is 0 Å². The topological polar surface area (TPSA) is 39.7 Å². The third kappa shape index (κ3) is 5.29. The number of hydrogen-bond acceptors (Lipinski definition) is 2. The van der Waals surface area contributed by atoms with E-state index in [0.29, 0.717) is 6.04 Å². The van der Waals surface area contributed by atoms with Crippen molar-refractivity contribution in [3.63, 3.8) is 0 Å². The van der Waals surface area contributed by atoms with Gasteiger partial charge in [0.2, 0.25) is 0 Å². The molecule has 0 aliphatic heterocycles. The van der Waals surface area contributed by atoms with Crippen LogP contribution in [0.3, 0.4) is 0 Å². The molecule has 1 saturated carbocycles. The standard InChI is InChI=1S/C17H28N4/c1-4-18-17(20-16-13-14(16)2)19-11-8-12-21(3)15-9-6-5-7-10-15/h5-7,9-10,14,16H,4,8,11-13H2,1-3H3,(H2,18,19,20). The molecule has 21 heavy (non-hydrogen) atoms. The van der Waals surface area contributed by atoms with Crippen molar-refractivity contribution in [2.75, 3.05) is 31.6 Å². The molecule has 2 atom stereocenters. The van der Waals surface area contributed by atoms with Crippen LogP contribution in [0.1, 0.15) is 26.7 Å². The first-order chi connectivity index (χ1) is 10.2. The van der Waals surface area contributed by atoms with Crippen LogP contribution >= 0.6 is 0 Å². The van der Waals surface area contributed by atoms with E-state index < -0.39 is 0 Å². The largest absolute Gasteiger partial charge is 0.375 e. The molecule has 0 heterocycles. The van der Waals surface area contributed by atoms with Crippen molar-refractivity contribution in [3.8, 4) is 0 Å². The van der Waals surface area contributed by atoms with Crippen LogP contribution in [-0.4, -0.2) is 38.7 Å². The van der Waals surface area contributed by atoms with Gasteiger partial charge in [0, 0.05) is 38.4 Å². The fraction of sp³-hybridized carbons (Fsp3) is 0.588. The molecule has 1 aromatic rings. The summed E-state index contributed by atoms with van der Waals surface area (Å²) >= 11 is 0. The number of benzene rings is 1. The maximum Gasteiger partial charge on any atom is 0.191 e. The molecular weight excluding hydrogens is 260 g/mol. The number of nitrogens with zero attached hydrogens (tertiary/aromatic N) is 2. The van der Waals surface area contributed by atoms with E-state index in [1.54, 1.807) is 0 Å². The summed E-state index contributed by atoms with van der Waals surface area (Å²) < 4.78 is 0. The molecule has 4 heteroatoms. The quantitative estimate of drug-likeness (QED) is 0.460. The molecule has 116 valence electrons. The van der Waals surface area contributed by atoms with Gasteiger partial charge in [-0.15, -0.1) is 0 Å². The molecule has 0 amide bonds. The number of guanidine groups is 1. The summed E-state index contributed by atoms with van der Waals surface area (Å²) in [6.07, 6.45) is 2.32. The van der Waals surface area contributed by atoms with Gasteiger partial charge in [-0.25, -0.2) is 0 Å². The minimum atomic E-state index is 0.620. The Balaban J connectivity index is 1.72. The summed E-state index contributed by atoms with van der Waals surface area (Å²) in [6, 6.07) is 11.1. The van der Waals surface area contributed by atoms with Crippen molar-refractivity contribution in [1.29, 1.82) is 0 Å². The fourth-order valence-electron chi connectivity index (χ4n) is 2.33. The van der Waals surface area contributed by atoms with Gasteiger partial charge in [-0.2, -0.15) is 0 Å². The highest BCUT2D eigenvalue weighted by atomic mass is 15.2. The molecule has 0 spiro atoms. The van der Waals surface area contributed by atoms with E-state index in [9.17, 15) is 0 Å². The fourth-order valence-corrected chi connectivity index (χ4v) is 2.33. The van der Waals surface area contributed by atoms with E-state index in [4.69, 9.17) is 0 Å². The average molecular weight is 288 g/mol. The molecule has 1 aromatic carbocycles. The molecule has 2 N–H and O–H groups in total. The summed E-state index contributed by atoms with van der Waals surface area (Å²) in [6.45, 7) is 7.17. The molecule has 0 saturated heterocycles. The van der Waals surface area contributed by atoms with Crippen molar-refractivity contribution < 1.29 is 0 Å². The van der Waals surface area contributed by atoms with Gasteiger partial charge in [0.25, 0.3) is 0 Å². The predicted molar refractivity (Wildman–Crippen MR) is 91.0 cm³/mol. The molecule has 0 radical (unpaired) electrons. The number of rotatable bonds is 7. The highest BCUT2D eigenvalue weighted by Crippen LogP contribution is 2.28. The smallest absolute Gasteiger partial charge is 0.191 e. The van der Waals surface area contributed by atoms with E-state index in [-0.39, 0.29) is 0 Å². The molecule has 4 nitrogen and oxygen atoms in total. The van der Waals surface area contributed by atoms with Crippen LogP contribution in [0.2, 0.25) is 0 Å². The average Bonchev–Trinajstić information content (AvgIpc) is 3.19. The zero-order valence-corrected chi connectivity index (χ0v) is 13.5. The van der Waals surface area contributed by atoms with Crippen molar-refractivity contribution in [3.05, 3.63) is 30.3 Å². The number of anilines is 1. The first kappa shape index (κ1) is 15.7. The number of aliphatic imine (C=N–C) groups is 1. The van der Waals surface area contributed by atoms with E-state index in [2.05, 4.69) is 71.8 Å². The maximum absolute atomic E-state index is 4.66. The first-order valence-corrected chi connectivity index (χ1v) is 8.01. The van der Waals surface area contributed by atoms with Gasteiger partial charge in [-0.1, -0.05) is 25.1 Å². The summed E-state index contributed by atoms with van der Waals surface area (Å²) in [5.74, 6) is 1.76. The van der Waals surface area contributed by atoms with Crippen LogP contribution in [-0.2, 0) is 0 Å². The summed E-state index contributed by atoms with van der Waals surface area (Å²) in [5, 5.41) is 6.81. The highest BCUT2D eigenvalue weighted by Gasteiger charge is 2.33. The Kier molecular flexibility index (Phi) is 5.90. The van der Waals surface area contributed by atoms with E-state index in [1.807, 2.05) is 0 Å². The monoisotopic (exact) mass is 288 g/mol. The van der Waals surface area contributed by atoms with Crippen molar-refractivity contribution in [2.45, 2.75) is 32.7 Å². The summed E-state index contributed by atoms with van der Waals surface area (Å²) in [7, 11) is 2.13. The second-order valence-corrected chi connectivity index (χ2v) is 5.84. The van der Waals surface area contributed by atoms with Crippen LogP contribution in [0, 0.1) is 5.92 Å². The minimum Gasteiger partial charge on any atom is -0.375 e. The highest BCUT2D eigenvalue weighted by molar-refractivity contribution is 5.80. The van der Waals surface area contributed by atoms with Gasteiger partial charge in [0.15, 0.2) is 5.96 Å². The SMILES string of the molecule is CCNC(=NCCCN(C)c1ccccc1)NC1CC1C. The van der Waals surface area contributed by atoms with Crippen molar-refractivity contribution >= 4 is 11.6 Å². The molecule has 0 bridgehead atoms. The normalized spacial score (nSPS) is 21.0.